The van der Waals surface area contributed by atoms with Crippen molar-refractivity contribution in [3.8, 4) is 0 Å². The van der Waals surface area contributed by atoms with Crippen molar-refractivity contribution in [2.24, 2.45) is 10.9 Å². The van der Waals surface area contributed by atoms with Gasteiger partial charge in [0.05, 0.1) is 13.2 Å². The van der Waals surface area contributed by atoms with Gasteiger partial charge in [0.1, 0.15) is 0 Å². The lowest BCUT2D eigenvalue weighted by Crippen LogP contribution is -2.46. The standard InChI is InChI=1S/C24H39N5O/c1-20-7-10-27(11-8-20)18-22-5-3-21(4-6-22)17-26-24(25-2)29-12-9-23(19-29)28-13-15-30-16-14-28/h3-6,20,23H,7-19H2,1-2H3,(H,25,26). The summed E-state index contributed by atoms with van der Waals surface area (Å²) in [5.41, 5.74) is 2.74. The molecular formula is C24H39N5O. The average Bonchev–Trinajstić information content (AvgIpc) is 3.28. The van der Waals surface area contributed by atoms with Crippen LogP contribution in [-0.4, -0.2) is 86.2 Å². The number of guanidine groups is 1. The van der Waals surface area contributed by atoms with E-state index in [0.717, 1.165) is 64.4 Å². The zero-order valence-corrected chi connectivity index (χ0v) is 18.9. The SMILES string of the molecule is CN=C(NCc1ccc(CN2CCC(C)CC2)cc1)N1CCC(N2CCOCC2)C1. The number of rotatable bonds is 5. The maximum atomic E-state index is 5.50. The fourth-order valence-electron chi connectivity index (χ4n) is 4.93. The lowest BCUT2D eigenvalue weighted by atomic mass is 9.99. The van der Waals surface area contributed by atoms with Crippen LogP contribution >= 0.6 is 0 Å². The number of aliphatic imine (C=N–C) groups is 1. The molecule has 6 nitrogen and oxygen atoms in total. The van der Waals surface area contributed by atoms with E-state index in [9.17, 15) is 0 Å². The fourth-order valence-corrected chi connectivity index (χ4v) is 4.93. The molecule has 3 aliphatic heterocycles. The van der Waals surface area contributed by atoms with Crippen LogP contribution in [0.5, 0.6) is 0 Å². The Labute approximate surface area is 182 Å². The van der Waals surface area contributed by atoms with Gasteiger partial charge in [-0.15, -0.1) is 0 Å². The first-order valence-electron chi connectivity index (χ1n) is 11.8. The molecule has 3 heterocycles. The minimum Gasteiger partial charge on any atom is -0.379 e. The Morgan fingerprint density at radius 1 is 1.00 bits per heavy atom. The van der Waals surface area contributed by atoms with Crippen LogP contribution < -0.4 is 5.32 Å². The van der Waals surface area contributed by atoms with Gasteiger partial charge in [0.2, 0.25) is 0 Å². The molecule has 0 aliphatic carbocycles. The second-order valence-corrected chi connectivity index (χ2v) is 9.21. The molecule has 3 saturated heterocycles. The van der Waals surface area contributed by atoms with E-state index < -0.39 is 0 Å². The molecule has 1 aromatic rings. The van der Waals surface area contributed by atoms with Gasteiger partial charge in [-0.3, -0.25) is 14.8 Å². The van der Waals surface area contributed by atoms with E-state index in [0.29, 0.717) is 6.04 Å². The molecule has 166 valence electrons. The number of nitrogens with one attached hydrogen (secondary N) is 1. The summed E-state index contributed by atoms with van der Waals surface area (Å²) in [6.45, 7) is 12.8. The van der Waals surface area contributed by atoms with Gasteiger partial charge in [0.25, 0.3) is 0 Å². The van der Waals surface area contributed by atoms with Gasteiger partial charge in [-0.1, -0.05) is 31.2 Å². The number of hydrogen-bond donors (Lipinski definition) is 1. The van der Waals surface area contributed by atoms with Crippen LogP contribution in [-0.2, 0) is 17.8 Å². The second-order valence-electron chi connectivity index (χ2n) is 9.21. The zero-order valence-electron chi connectivity index (χ0n) is 18.9. The first-order chi connectivity index (χ1) is 14.7. The Kier molecular flexibility index (Phi) is 7.63. The molecular weight excluding hydrogens is 374 g/mol. The van der Waals surface area contributed by atoms with Crippen molar-refractivity contribution in [3.05, 3.63) is 35.4 Å². The van der Waals surface area contributed by atoms with Crippen molar-refractivity contribution < 1.29 is 4.74 Å². The minimum absolute atomic E-state index is 0.629. The van der Waals surface area contributed by atoms with E-state index in [1.54, 1.807) is 0 Å². The van der Waals surface area contributed by atoms with Crippen LogP contribution in [0.1, 0.15) is 37.3 Å². The van der Waals surface area contributed by atoms with Crippen molar-refractivity contribution >= 4 is 5.96 Å². The first-order valence-corrected chi connectivity index (χ1v) is 11.8. The van der Waals surface area contributed by atoms with Crippen LogP contribution in [0.15, 0.2) is 29.3 Å². The molecule has 3 aliphatic rings. The van der Waals surface area contributed by atoms with Crippen molar-refractivity contribution in [2.75, 3.05) is 59.5 Å². The first kappa shape index (κ1) is 21.6. The van der Waals surface area contributed by atoms with Gasteiger partial charge >= 0.3 is 0 Å². The van der Waals surface area contributed by atoms with Crippen LogP contribution in [0, 0.1) is 5.92 Å². The van der Waals surface area contributed by atoms with Crippen molar-refractivity contribution in [1.82, 2.24) is 20.0 Å². The normalized spacial score (nSPS) is 25.1. The Hall–Kier alpha value is -1.63. The Balaban J connectivity index is 1.23. The summed E-state index contributed by atoms with van der Waals surface area (Å²) in [6, 6.07) is 9.75. The highest BCUT2D eigenvalue weighted by Crippen LogP contribution is 2.19. The highest BCUT2D eigenvalue weighted by atomic mass is 16.5. The lowest BCUT2D eigenvalue weighted by molar-refractivity contribution is 0.0195. The summed E-state index contributed by atoms with van der Waals surface area (Å²) in [5.74, 6) is 1.92. The van der Waals surface area contributed by atoms with Crippen LogP contribution in [0.25, 0.3) is 0 Å². The molecule has 0 radical (unpaired) electrons. The summed E-state index contributed by atoms with van der Waals surface area (Å²) in [5, 5.41) is 3.58. The van der Waals surface area contributed by atoms with E-state index >= 15 is 0 Å². The maximum Gasteiger partial charge on any atom is 0.193 e. The summed E-state index contributed by atoms with van der Waals surface area (Å²) < 4.78 is 5.50. The van der Waals surface area contributed by atoms with Crippen molar-refractivity contribution in [1.29, 1.82) is 0 Å². The monoisotopic (exact) mass is 413 g/mol. The van der Waals surface area contributed by atoms with Gasteiger partial charge in [-0.2, -0.15) is 0 Å². The highest BCUT2D eigenvalue weighted by Gasteiger charge is 2.30. The van der Waals surface area contributed by atoms with E-state index in [1.165, 1.54) is 43.5 Å². The van der Waals surface area contributed by atoms with Gasteiger partial charge in [0.15, 0.2) is 5.96 Å². The van der Waals surface area contributed by atoms with Gasteiger partial charge in [0, 0.05) is 52.4 Å². The molecule has 1 aromatic carbocycles. The molecule has 0 amide bonds. The molecule has 0 spiro atoms. The average molecular weight is 414 g/mol. The smallest absolute Gasteiger partial charge is 0.193 e. The summed E-state index contributed by atoms with van der Waals surface area (Å²) >= 11 is 0. The Morgan fingerprint density at radius 2 is 1.70 bits per heavy atom. The van der Waals surface area contributed by atoms with Gasteiger partial charge in [-0.05, 0) is 49.4 Å². The van der Waals surface area contributed by atoms with E-state index in [2.05, 4.69) is 56.2 Å². The van der Waals surface area contributed by atoms with Crippen molar-refractivity contribution in [3.63, 3.8) is 0 Å². The Morgan fingerprint density at radius 3 is 2.40 bits per heavy atom. The molecule has 1 unspecified atom stereocenters. The number of hydrogen-bond acceptors (Lipinski definition) is 4. The van der Waals surface area contributed by atoms with E-state index in [4.69, 9.17) is 4.74 Å². The molecule has 0 aromatic heterocycles. The number of nitrogens with zero attached hydrogens (tertiary/aromatic N) is 4. The third-order valence-corrected chi connectivity index (χ3v) is 6.99. The molecule has 30 heavy (non-hydrogen) atoms. The minimum atomic E-state index is 0.629. The predicted octanol–water partition coefficient (Wildman–Crippen LogP) is 2.40. The summed E-state index contributed by atoms with van der Waals surface area (Å²) in [7, 11) is 1.90. The number of benzene rings is 1. The molecule has 3 fully saturated rings. The van der Waals surface area contributed by atoms with Gasteiger partial charge < -0.3 is 15.0 Å². The van der Waals surface area contributed by atoms with Crippen LogP contribution in [0.3, 0.4) is 0 Å². The van der Waals surface area contributed by atoms with Crippen molar-refractivity contribution in [2.45, 2.75) is 45.3 Å². The quantitative estimate of drug-likeness (QED) is 0.593. The van der Waals surface area contributed by atoms with E-state index in [1.807, 2.05) is 7.05 Å². The molecule has 1 atom stereocenters. The Bertz CT molecular complexity index is 677. The molecule has 4 rings (SSSR count). The molecule has 0 saturated carbocycles. The third kappa shape index (κ3) is 5.74. The maximum absolute atomic E-state index is 5.50. The molecule has 6 heteroatoms. The fraction of sp³-hybridized carbons (Fsp3) is 0.708. The largest absolute Gasteiger partial charge is 0.379 e. The third-order valence-electron chi connectivity index (χ3n) is 6.99. The number of morpholine rings is 1. The lowest BCUT2D eigenvalue weighted by Gasteiger charge is -2.32. The topological polar surface area (TPSA) is 43.3 Å². The predicted molar refractivity (Wildman–Crippen MR) is 123 cm³/mol. The zero-order chi connectivity index (χ0) is 20.8. The molecule has 0 bridgehead atoms. The number of likely N-dealkylation sites (tertiary alicyclic amines) is 2. The van der Waals surface area contributed by atoms with E-state index in [-0.39, 0.29) is 0 Å². The molecule has 1 N–H and O–H groups in total. The number of piperidine rings is 1. The number of ether oxygens (including phenoxy) is 1. The second kappa shape index (κ2) is 10.6. The summed E-state index contributed by atoms with van der Waals surface area (Å²) in [6.07, 6.45) is 3.89. The van der Waals surface area contributed by atoms with Crippen LogP contribution in [0.2, 0.25) is 0 Å². The highest BCUT2D eigenvalue weighted by molar-refractivity contribution is 5.80. The summed E-state index contributed by atoms with van der Waals surface area (Å²) in [4.78, 5) is 12.1. The van der Waals surface area contributed by atoms with Crippen LogP contribution in [0.4, 0.5) is 0 Å². The van der Waals surface area contributed by atoms with Gasteiger partial charge in [-0.25, -0.2) is 0 Å².